The average Bonchev–Trinajstić information content (AvgIpc) is 2.37. The van der Waals surface area contributed by atoms with Crippen molar-refractivity contribution in [1.82, 2.24) is 4.90 Å². The Kier molecular flexibility index (Phi) is 1.92. The van der Waals surface area contributed by atoms with Gasteiger partial charge < -0.3 is 10.1 Å². The number of hydrogen-bond acceptors (Lipinski definition) is 2. The van der Waals surface area contributed by atoms with Gasteiger partial charge >= 0.3 is 0 Å². The molecule has 1 aliphatic heterocycles. The number of nitrogens with zero attached hydrogens (tertiary/aromatic N) is 2. The van der Waals surface area contributed by atoms with E-state index in [9.17, 15) is 0 Å². The van der Waals surface area contributed by atoms with Gasteiger partial charge in [0.1, 0.15) is 5.84 Å². The van der Waals surface area contributed by atoms with Crippen molar-refractivity contribution in [2.24, 2.45) is 5.16 Å². The highest BCUT2D eigenvalue weighted by atomic mass is 16.4. The molecule has 52 valence electrons. The number of amidine groups is 1. The normalized spacial score (nSPS) is 21.0. The Morgan fingerprint density at radius 3 is 2.44 bits per heavy atom. The summed E-state index contributed by atoms with van der Waals surface area (Å²) in [4.78, 5) is 2.08. The van der Waals surface area contributed by atoms with Gasteiger partial charge in [-0.25, -0.2) is 0 Å². The highest BCUT2D eigenvalue weighted by molar-refractivity contribution is 5.79. The zero-order valence-corrected chi connectivity index (χ0v) is 5.67. The first-order chi connectivity index (χ1) is 4.34. The van der Waals surface area contributed by atoms with Crippen molar-refractivity contribution < 1.29 is 5.21 Å². The first-order valence-electron chi connectivity index (χ1n) is 3.28. The smallest absolute Gasteiger partial charge is 0.141 e. The van der Waals surface area contributed by atoms with E-state index in [0.29, 0.717) is 0 Å². The molecular weight excluding hydrogens is 116 g/mol. The van der Waals surface area contributed by atoms with Gasteiger partial charge in [0.15, 0.2) is 0 Å². The lowest BCUT2D eigenvalue weighted by Gasteiger charge is -2.13. The third-order valence-electron chi connectivity index (χ3n) is 1.71. The summed E-state index contributed by atoms with van der Waals surface area (Å²) in [6, 6.07) is 0. The van der Waals surface area contributed by atoms with Crippen molar-refractivity contribution in [2.75, 3.05) is 13.1 Å². The van der Waals surface area contributed by atoms with E-state index in [-0.39, 0.29) is 0 Å². The van der Waals surface area contributed by atoms with E-state index in [4.69, 9.17) is 5.21 Å². The highest BCUT2D eigenvalue weighted by Gasteiger charge is 2.11. The second kappa shape index (κ2) is 2.71. The molecule has 1 heterocycles. The summed E-state index contributed by atoms with van der Waals surface area (Å²) >= 11 is 0. The molecule has 0 atom stereocenters. The van der Waals surface area contributed by atoms with Crippen molar-refractivity contribution in [2.45, 2.75) is 19.8 Å². The number of oxime groups is 1. The van der Waals surface area contributed by atoms with E-state index in [2.05, 4.69) is 10.1 Å². The van der Waals surface area contributed by atoms with Crippen LogP contribution in [0.25, 0.3) is 0 Å². The van der Waals surface area contributed by atoms with Crippen LogP contribution in [0.3, 0.4) is 0 Å². The van der Waals surface area contributed by atoms with Crippen LogP contribution in [0.2, 0.25) is 0 Å². The molecule has 0 saturated carbocycles. The average molecular weight is 128 g/mol. The van der Waals surface area contributed by atoms with Gasteiger partial charge in [0.05, 0.1) is 0 Å². The lowest BCUT2D eigenvalue weighted by molar-refractivity contribution is 0.305. The van der Waals surface area contributed by atoms with Crippen LogP contribution in [-0.2, 0) is 0 Å². The molecule has 0 aromatic heterocycles. The summed E-state index contributed by atoms with van der Waals surface area (Å²) < 4.78 is 0. The molecule has 3 nitrogen and oxygen atoms in total. The lowest BCUT2D eigenvalue weighted by Crippen LogP contribution is -2.24. The zero-order chi connectivity index (χ0) is 6.69. The minimum absolute atomic E-state index is 0.743. The molecule has 3 heteroatoms. The Bertz CT molecular complexity index is 116. The summed E-state index contributed by atoms with van der Waals surface area (Å²) in [5.41, 5.74) is 0. The van der Waals surface area contributed by atoms with Gasteiger partial charge in [-0.15, -0.1) is 0 Å². The number of rotatable bonds is 0. The van der Waals surface area contributed by atoms with Gasteiger partial charge in [-0.3, -0.25) is 0 Å². The predicted molar refractivity (Wildman–Crippen MR) is 35.7 cm³/mol. The summed E-state index contributed by atoms with van der Waals surface area (Å²) in [7, 11) is 0. The zero-order valence-electron chi connectivity index (χ0n) is 5.67. The first-order valence-corrected chi connectivity index (χ1v) is 3.28. The maximum absolute atomic E-state index is 8.34. The highest BCUT2D eigenvalue weighted by Crippen LogP contribution is 2.07. The number of hydrogen-bond donors (Lipinski definition) is 1. The largest absolute Gasteiger partial charge is 0.409 e. The topological polar surface area (TPSA) is 35.8 Å². The van der Waals surface area contributed by atoms with E-state index >= 15 is 0 Å². The molecular formula is C6H12N2O. The fraction of sp³-hybridized carbons (Fsp3) is 0.833. The van der Waals surface area contributed by atoms with Crippen LogP contribution in [-0.4, -0.2) is 29.0 Å². The molecule has 9 heavy (non-hydrogen) atoms. The first kappa shape index (κ1) is 6.39. The van der Waals surface area contributed by atoms with Gasteiger partial charge in [0.2, 0.25) is 0 Å². The Morgan fingerprint density at radius 2 is 2.00 bits per heavy atom. The third-order valence-corrected chi connectivity index (χ3v) is 1.71. The molecule has 0 unspecified atom stereocenters. The summed E-state index contributed by atoms with van der Waals surface area (Å²) in [6.07, 6.45) is 2.46. The molecule has 1 fully saturated rings. The van der Waals surface area contributed by atoms with Crippen molar-refractivity contribution in [3.05, 3.63) is 0 Å². The van der Waals surface area contributed by atoms with Crippen molar-refractivity contribution >= 4 is 5.84 Å². The van der Waals surface area contributed by atoms with Gasteiger partial charge in [0.25, 0.3) is 0 Å². The fourth-order valence-corrected chi connectivity index (χ4v) is 1.10. The standard InChI is InChI=1S/C6H12N2O/c1-6(7-9)8-4-2-3-5-8/h9H,2-5H2,1H3/b7-6-. The van der Waals surface area contributed by atoms with E-state index in [1.807, 2.05) is 6.92 Å². The molecule has 0 aromatic carbocycles. The van der Waals surface area contributed by atoms with Crippen molar-refractivity contribution in [3.63, 3.8) is 0 Å². The van der Waals surface area contributed by atoms with Crippen LogP contribution < -0.4 is 0 Å². The molecule has 1 aliphatic rings. The molecule has 1 saturated heterocycles. The quantitative estimate of drug-likeness (QED) is 0.227. The van der Waals surface area contributed by atoms with Gasteiger partial charge in [-0.1, -0.05) is 5.16 Å². The van der Waals surface area contributed by atoms with E-state index in [0.717, 1.165) is 18.9 Å². The van der Waals surface area contributed by atoms with Gasteiger partial charge in [0, 0.05) is 13.1 Å². The summed E-state index contributed by atoms with van der Waals surface area (Å²) in [5.74, 6) is 0.743. The second-order valence-electron chi connectivity index (χ2n) is 2.34. The van der Waals surface area contributed by atoms with Gasteiger partial charge in [-0.05, 0) is 19.8 Å². The van der Waals surface area contributed by atoms with Crippen LogP contribution in [0.5, 0.6) is 0 Å². The van der Waals surface area contributed by atoms with Crippen LogP contribution >= 0.6 is 0 Å². The Labute approximate surface area is 55.0 Å². The Morgan fingerprint density at radius 1 is 1.44 bits per heavy atom. The van der Waals surface area contributed by atoms with Crippen LogP contribution in [0.15, 0.2) is 5.16 Å². The minimum Gasteiger partial charge on any atom is -0.409 e. The maximum Gasteiger partial charge on any atom is 0.141 e. The van der Waals surface area contributed by atoms with Crippen LogP contribution in [0.1, 0.15) is 19.8 Å². The van der Waals surface area contributed by atoms with Crippen molar-refractivity contribution in [1.29, 1.82) is 0 Å². The molecule has 0 amide bonds. The Hall–Kier alpha value is -0.730. The second-order valence-corrected chi connectivity index (χ2v) is 2.34. The van der Waals surface area contributed by atoms with Crippen LogP contribution in [0.4, 0.5) is 0 Å². The maximum atomic E-state index is 8.34. The predicted octanol–water partition coefficient (Wildman–Crippen LogP) is 0.890. The minimum atomic E-state index is 0.743. The van der Waals surface area contributed by atoms with E-state index < -0.39 is 0 Å². The molecule has 0 aliphatic carbocycles. The number of likely N-dealkylation sites (tertiary alicyclic amines) is 1. The van der Waals surface area contributed by atoms with Gasteiger partial charge in [-0.2, -0.15) is 0 Å². The molecule has 1 rings (SSSR count). The Balaban J connectivity index is 2.42. The molecule has 1 N–H and O–H groups in total. The van der Waals surface area contributed by atoms with E-state index in [1.165, 1.54) is 12.8 Å². The monoisotopic (exact) mass is 128 g/mol. The van der Waals surface area contributed by atoms with Crippen LogP contribution in [0, 0.1) is 0 Å². The fourth-order valence-electron chi connectivity index (χ4n) is 1.10. The molecule has 0 spiro atoms. The van der Waals surface area contributed by atoms with Crippen molar-refractivity contribution in [3.8, 4) is 0 Å². The van der Waals surface area contributed by atoms with E-state index in [1.54, 1.807) is 0 Å². The molecule has 0 radical (unpaired) electrons. The third kappa shape index (κ3) is 1.34. The lowest BCUT2D eigenvalue weighted by atomic mass is 10.4. The molecule has 0 aromatic rings. The SMILES string of the molecule is C/C(=N/O)N1CCCC1. The molecule has 0 bridgehead atoms. The summed E-state index contributed by atoms with van der Waals surface area (Å²) in [5, 5.41) is 11.5. The summed E-state index contributed by atoms with van der Waals surface area (Å²) in [6.45, 7) is 3.93.